The van der Waals surface area contributed by atoms with Crippen molar-refractivity contribution in [2.75, 3.05) is 6.61 Å². The van der Waals surface area contributed by atoms with Crippen LogP contribution < -0.4 is 0 Å². The zero-order chi connectivity index (χ0) is 20.2. The molecule has 0 aliphatic heterocycles. The minimum atomic E-state index is -0.139. The van der Waals surface area contributed by atoms with E-state index in [1.54, 1.807) is 0 Å². The summed E-state index contributed by atoms with van der Waals surface area (Å²) in [6, 6.07) is 0. The summed E-state index contributed by atoms with van der Waals surface area (Å²) in [6.07, 6.45) is 16.2. The maximum atomic E-state index is 11.9. The zero-order valence-electron chi connectivity index (χ0n) is 18.2. The standard InChI is InChI=1S/C23H44O4/c1-4-7-9-11-13-15-17-22(24)26-20-19-21(6-3)27-23(25)18-16-14-12-10-8-5-2/h21H,4-20H2,1-3H3. The Bertz CT molecular complexity index is 354. The Hall–Kier alpha value is -1.06. The molecule has 0 aromatic heterocycles. The molecule has 0 rings (SSSR count). The maximum Gasteiger partial charge on any atom is 0.306 e. The van der Waals surface area contributed by atoms with Crippen molar-refractivity contribution in [3.8, 4) is 0 Å². The minimum absolute atomic E-state index is 0.115. The van der Waals surface area contributed by atoms with E-state index in [-0.39, 0.29) is 18.0 Å². The second-order valence-corrected chi connectivity index (χ2v) is 7.56. The molecule has 0 aromatic carbocycles. The van der Waals surface area contributed by atoms with Gasteiger partial charge in [0, 0.05) is 19.3 Å². The van der Waals surface area contributed by atoms with Gasteiger partial charge in [0.15, 0.2) is 0 Å². The van der Waals surface area contributed by atoms with Crippen LogP contribution in [-0.2, 0) is 19.1 Å². The first-order valence-corrected chi connectivity index (χ1v) is 11.5. The van der Waals surface area contributed by atoms with Crippen molar-refractivity contribution in [3.63, 3.8) is 0 Å². The van der Waals surface area contributed by atoms with Gasteiger partial charge in [-0.15, -0.1) is 0 Å². The molecule has 0 aliphatic carbocycles. The summed E-state index contributed by atoms with van der Waals surface area (Å²) in [4.78, 5) is 23.7. The SMILES string of the molecule is CCCCCCCCC(=O)OCCC(CC)OC(=O)CCCCCCCC. The Morgan fingerprint density at radius 2 is 1.15 bits per heavy atom. The van der Waals surface area contributed by atoms with E-state index in [1.807, 2.05) is 6.92 Å². The lowest BCUT2D eigenvalue weighted by Gasteiger charge is -2.16. The number of carbonyl (C=O) groups is 2. The molecule has 0 amide bonds. The van der Waals surface area contributed by atoms with Crippen LogP contribution in [0, 0.1) is 0 Å². The molecule has 27 heavy (non-hydrogen) atoms. The van der Waals surface area contributed by atoms with Gasteiger partial charge in [0.05, 0.1) is 6.61 Å². The van der Waals surface area contributed by atoms with E-state index in [0.717, 1.165) is 32.1 Å². The molecule has 0 heterocycles. The van der Waals surface area contributed by atoms with Crippen molar-refractivity contribution in [2.24, 2.45) is 0 Å². The molecule has 0 aliphatic rings. The number of ether oxygens (including phenoxy) is 2. The lowest BCUT2D eigenvalue weighted by Crippen LogP contribution is -2.20. The Kier molecular flexibility index (Phi) is 18.9. The monoisotopic (exact) mass is 384 g/mol. The van der Waals surface area contributed by atoms with Gasteiger partial charge < -0.3 is 9.47 Å². The van der Waals surface area contributed by atoms with E-state index in [9.17, 15) is 9.59 Å². The third kappa shape index (κ3) is 18.1. The predicted octanol–water partition coefficient (Wildman–Crippen LogP) is 6.74. The van der Waals surface area contributed by atoms with E-state index in [4.69, 9.17) is 9.47 Å². The summed E-state index contributed by atoms with van der Waals surface area (Å²) in [6.45, 7) is 6.75. The van der Waals surface area contributed by atoms with Crippen LogP contribution >= 0.6 is 0 Å². The van der Waals surface area contributed by atoms with Gasteiger partial charge in [-0.2, -0.15) is 0 Å². The van der Waals surface area contributed by atoms with Gasteiger partial charge in [0.25, 0.3) is 0 Å². The number of hydrogen-bond donors (Lipinski definition) is 0. The van der Waals surface area contributed by atoms with Gasteiger partial charge >= 0.3 is 11.9 Å². The van der Waals surface area contributed by atoms with Crippen molar-refractivity contribution in [2.45, 2.75) is 130 Å². The third-order valence-corrected chi connectivity index (χ3v) is 4.93. The van der Waals surface area contributed by atoms with Crippen LogP contribution in [-0.4, -0.2) is 24.6 Å². The first-order valence-electron chi connectivity index (χ1n) is 11.5. The average molecular weight is 385 g/mol. The van der Waals surface area contributed by atoms with Crippen LogP contribution in [0.2, 0.25) is 0 Å². The van der Waals surface area contributed by atoms with Crippen molar-refractivity contribution in [1.82, 2.24) is 0 Å². The molecule has 0 spiro atoms. The number of hydrogen-bond acceptors (Lipinski definition) is 4. The molecule has 4 heteroatoms. The number of carbonyl (C=O) groups excluding carboxylic acids is 2. The van der Waals surface area contributed by atoms with E-state index in [1.165, 1.54) is 51.4 Å². The van der Waals surface area contributed by atoms with Gasteiger partial charge in [-0.3, -0.25) is 9.59 Å². The smallest absolute Gasteiger partial charge is 0.306 e. The quantitative estimate of drug-likeness (QED) is 0.183. The molecular weight excluding hydrogens is 340 g/mol. The van der Waals surface area contributed by atoms with E-state index < -0.39 is 0 Å². The minimum Gasteiger partial charge on any atom is -0.466 e. The van der Waals surface area contributed by atoms with Gasteiger partial charge in [0.1, 0.15) is 6.10 Å². The topological polar surface area (TPSA) is 52.6 Å². The molecule has 160 valence electrons. The maximum absolute atomic E-state index is 11.9. The molecule has 0 fully saturated rings. The summed E-state index contributed by atoms with van der Waals surface area (Å²) >= 11 is 0. The van der Waals surface area contributed by atoms with Gasteiger partial charge in [-0.25, -0.2) is 0 Å². The molecule has 0 saturated heterocycles. The normalized spacial score (nSPS) is 12.0. The van der Waals surface area contributed by atoms with Crippen LogP contribution in [0.3, 0.4) is 0 Å². The Balaban J connectivity index is 3.66. The second-order valence-electron chi connectivity index (χ2n) is 7.56. The zero-order valence-corrected chi connectivity index (χ0v) is 18.2. The van der Waals surface area contributed by atoms with Crippen LogP contribution in [0.4, 0.5) is 0 Å². The van der Waals surface area contributed by atoms with Crippen LogP contribution in [0.25, 0.3) is 0 Å². The predicted molar refractivity (Wildman–Crippen MR) is 112 cm³/mol. The number of unbranched alkanes of at least 4 members (excludes halogenated alkanes) is 10. The Morgan fingerprint density at radius 3 is 1.67 bits per heavy atom. The van der Waals surface area contributed by atoms with Crippen LogP contribution in [0.5, 0.6) is 0 Å². The molecule has 0 aromatic rings. The molecular formula is C23H44O4. The summed E-state index contributed by atoms with van der Waals surface area (Å²) in [7, 11) is 0. The van der Waals surface area contributed by atoms with Crippen LogP contribution in [0.1, 0.15) is 124 Å². The molecule has 0 saturated carbocycles. The molecule has 0 bridgehead atoms. The molecule has 1 atom stereocenters. The fourth-order valence-electron chi connectivity index (χ4n) is 3.07. The largest absolute Gasteiger partial charge is 0.466 e. The highest BCUT2D eigenvalue weighted by Crippen LogP contribution is 2.11. The summed E-state index contributed by atoms with van der Waals surface area (Å²) in [5, 5.41) is 0. The molecule has 0 radical (unpaired) electrons. The highest BCUT2D eigenvalue weighted by molar-refractivity contribution is 5.69. The van der Waals surface area contributed by atoms with E-state index in [0.29, 0.717) is 25.9 Å². The molecule has 4 nitrogen and oxygen atoms in total. The fraction of sp³-hybridized carbons (Fsp3) is 0.913. The van der Waals surface area contributed by atoms with Gasteiger partial charge in [-0.1, -0.05) is 85.0 Å². The van der Waals surface area contributed by atoms with Crippen molar-refractivity contribution in [3.05, 3.63) is 0 Å². The highest BCUT2D eigenvalue weighted by Gasteiger charge is 2.13. The fourth-order valence-corrected chi connectivity index (χ4v) is 3.07. The average Bonchev–Trinajstić information content (AvgIpc) is 2.66. The number of rotatable bonds is 19. The van der Waals surface area contributed by atoms with Crippen molar-refractivity contribution >= 4 is 11.9 Å². The Morgan fingerprint density at radius 1 is 0.667 bits per heavy atom. The summed E-state index contributed by atoms with van der Waals surface area (Å²) in [5.41, 5.74) is 0. The second kappa shape index (κ2) is 19.7. The first-order chi connectivity index (χ1) is 13.1. The lowest BCUT2D eigenvalue weighted by atomic mass is 10.1. The third-order valence-electron chi connectivity index (χ3n) is 4.93. The first kappa shape index (κ1) is 25.9. The highest BCUT2D eigenvalue weighted by atomic mass is 16.6. The van der Waals surface area contributed by atoms with Gasteiger partial charge in [0.2, 0.25) is 0 Å². The number of esters is 2. The van der Waals surface area contributed by atoms with Gasteiger partial charge in [-0.05, 0) is 19.3 Å². The van der Waals surface area contributed by atoms with Crippen molar-refractivity contribution < 1.29 is 19.1 Å². The van der Waals surface area contributed by atoms with Crippen LogP contribution in [0.15, 0.2) is 0 Å². The van der Waals surface area contributed by atoms with Crippen molar-refractivity contribution in [1.29, 1.82) is 0 Å². The molecule has 1 unspecified atom stereocenters. The van der Waals surface area contributed by atoms with E-state index in [2.05, 4.69) is 13.8 Å². The Labute approximate surface area is 167 Å². The summed E-state index contributed by atoms with van der Waals surface area (Å²) < 4.78 is 10.8. The van der Waals surface area contributed by atoms with E-state index >= 15 is 0 Å². The summed E-state index contributed by atoms with van der Waals surface area (Å²) in [5.74, 6) is -0.241. The molecule has 0 N–H and O–H groups in total. The lowest BCUT2D eigenvalue weighted by molar-refractivity contribution is -0.151.